The van der Waals surface area contributed by atoms with Crippen LogP contribution in [-0.2, 0) is 11.3 Å². The third-order valence-corrected chi connectivity index (χ3v) is 5.59. The summed E-state index contributed by atoms with van der Waals surface area (Å²) in [5, 5.41) is 1.68. The molecule has 0 amide bonds. The van der Waals surface area contributed by atoms with Gasteiger partial charge in [0.25, 0.3) is 0 Å². The van der Waals surface area contributed by atoms with E-state index in [1.54, 1.807) is 12.1 Å². The molecule has 1 heterocycles. The van der Waals surface area contributed by atoms with Gasteiger partial charge in [-0.15, -0.1) is 0 Å². The summed E-state index contributed by atoms with van der Waals surface area (Å²) in [7, 11) is 3.75. The molecule has 0 N–H and O–H groups in total. The third-order valence-electron chi connectivity index (χ3n) is 4.59. The predicted molar refractivity (Wildman–Crippen MR) is 113 cm³/mol. The smallest absolute Gasteiger partial charge is 0.197 e. The maximum Gasteiger partial charge on any atom is 0.197 e. The van der Waals surface area contributed by atoms with Gasteiger partial charge in [0.05, 0.1) is 28.3 Å². The number of benzene rings is 2. The van der Waals surface area contributed by atoms with Crippen molar-refractivity contribution in [1.82, 2.24) is 4.57 Å². The molecular formula is C20H20BrClN2O2. The van der Waals surface area contributed by atoms with Crippen molar-refractivity contribution < 1.29 is 4.79 Å². The Balaban J connectivity index is 2.65. The Morgan fingerprint density at radius 3 is 2.50 bits per heavy atom. The largest absolute Gasteiger partial charge is 0.375 e. The summed E-state index contributed by atoms with van der Waals surface area (Å²) in [6, 6.07) is 7.32. The minimum absolute atomic E-state index is 0.0621. The highest BCUT2D eigenvalue weighted by Crippen LogP contribution is 2.36. The number of aldehydes is 1. The number of aromatic nitrogens is 1. The number of anilines is 1. The average molecular weight is 436 g/mol. The fraction of sp³-hybridized carbons (Fsp3) is 0.300. The number of carbonyl (C=O) groups is 1. The molecule has 0 aliphatic heterocycles. The van der Waals surface area contributed by atoms with Crippen LogP contribution in [0.2, 0.25) is 5.02 Å². The Morgan fingerprint density at radius 1 is 1.23 bits per heavy atom. The van der Waals surface area contributed by atoms with Crippen molar-refractivity contribution in [2.75, 3.05) is 19.0 Å². The second-order valence-corrected chi connectivity index (χ2v) is 8.10. The number of pyridine rings is 1. The number of rotatable bonds is 4. The van der Waals surface area contributed by atoms with Crippen molar-refractivity contribution in [3.05, 3.63) is 49.5 Å². The topological polar surface area (TPSA) is 42.3 Å². The number of fused-ring (bicyclic) bond motifs is 2. The lowest BCUT2D eigenvalue weighted by molar-refractivity contribution is -0.108. The van der Waals surface area contributed by atoms with Crippen LogP contribution in [0.3, 0.4) is 0 Å². The summed E-state index contributed by atoms with van der Waals surface area (Å²) in [4.78, 5) is 26.5. The minimum Gasteiger partial charge on any atom is -0.375 e. The van der Waals surface area contributed by atoms with E-state index in [9.17, 15) is 9.59 Å². The first-order valence-corrected chi connectivity index (χ1v) is 9.54. The number of carbonyl (C=O) groups excluding carboxylic acids is 1. The first-order valence-electron chi connectivity index (χ1n) is 8.37. The van der Waals surface area contributed by atoms with Crippen LogP contribution in [0, 0.1) is 0 Å². The zero-order chi connectivity index (χ0) is 19.2. The van der Waals surface area contributed by atoms with Gasteiger partial charge in [0.1, 0.15) is 6.29 Å². The van der Waals surface area contributed by atoms with Crippen molar-refractivity contribution >= 4 is 61.3 Å². The van der Waals surface area contributed by atoms with E-state index < -0.39 is 0 Å². The lowest BCUT2D eigenvalue weighted by Gasteiger charge is -2.22. The van der Waals surface area contributed by atoms with Crippen molar-refractivity contribution in [2.24, 2.45) is 0 Å². The zero-order valence-corrected chi connectivity index (χ0v) is 17.5. The second kappa shape index (κ2) is 7.05. The van der Waals surface area contributed by atoms with E-state index in [0.29, 0.717) is 21.3 Å². The van der Waals surface area contributed by atoms with Crippen LogP contribution in [0.4, 0.5) is 5.69 Å². The summed E-state index contributed by atoms with van der Waals surface area (Å²) in [5.74, 6) is 0.275. The van der Waals surface area contributed by atoms with Gasteiger partial charge >= 0.3 is 0 Å². The molecule has 0 aliphatic carbocycles. The molecule has 1 aromatic heterocycles. The average Bonchev–Trinajstić information content (AvgIpc) is 2.57. The van der Waals surface area contributed by atoms with E-state index in [1.165, 1.54) is 0 Å². The SMILES string of the molecule is CC(C)c1cc2c(cc1Br)c(=O)c1ccc(Cl)c(N(C)C)c1n2CC=O. The van der Waals surface area contributed by atoms with Crippen LogP contribution < -0.4 is 10.3 Å². The first kappa shape index (κ1) is 18.9. The fourth-order valence-electron chi connectivity index (χ4n) is 3.39. The molecule has 0 unspecified atom stereocenters. The molecule has 6 heteroatoms. The molecule has 0 saturated carbocycles. The maximum atomic E-state index is 13.2. The Kier molecular flexibility index (Phi) is 5.13. The molecule has 0 bridgehead atoms. The highest BCUT2D eigenvalue weighted by Gasteiger charge is 2.19. The van der Waals surface area contributed by atoms with Gasteiger partial charge in [0.15, 0.2) is 5.43 Å². The Labute approximate surface area is 165 Å². The van der Waals surface area contributed by atoms with Gasteiger partial charge in [-0.3, -0.25) is 4.79 Å². The second-order valence-electron chi connectivity index (χ2n) is 6.84. The third kappa shape index (κ3) is 2.93. The van der Waals surface area contributed by atoms with Gasteiger partial charge in [-0.1, -0.05) is 41.4 Å². The van der Waals surface area contributed by atoms with Crippen molar-refractivity contribution in [1.29, 1.82) is 0 Å². The van der Waals surface area contributed by atoms with Gasteiger partial charge in [-0.05, 0) is 35.7 Å². The predicted octanol–water partition coefficient (Wildman–Crippen LogP) is 4.96. The highest BCUT2D eigenvalue weighted by atomic mass is 79.9. The molecule has 0 fully saturated rings. The number of nitrogens with zero attached hydrogens (tertiary/aromatic N) is 2. The highest BCUT2D eigenvalue weighted by molar-refractivity contribution is 9.10. The molecule has 0 saturated heterocycles. The van der Waals surface area contributed by atoms with Gasteiger partial charge in [0.2, 0.25) is 0 Å². The summed E-state index contributed by atoms with van der Waals surface area (Å²) in [6.07, 6.45) is 0.848. The zero-order valence-electron chi connectivity index (χ0n) is 15.1. The maximum absolute atomic E-state index is 13.2. The van der Waals surface area contributed by atoms with Crippen LogP contribution in [0.15, 0.2) is 33.5 Å². The van der Waals surface area contributed by atoms with E-state index in [4.69, 9.17) is 11.6 Å². The summed E-state index contributed by atoms with van der Waals surface area (Å²) in [5.41, 5.74) is 3.19. The number of hydrogen-bond acceptors (Lipinski definition) is 3. The fourth-order valence-corrected chi connectivity index (χ4v) is 4.51. The molecule has 0 aliphatic rings. The molecule has 3 rings (SSSR count). The number of halogens is 2. The summed E-state index contributed by atoms with van der Waals surface area (Å²) >= 11 is 10.0. The molecule has 0 radical (unpaired) electrons. The summed E-state index contributed by atoms with van der Waals surface area (Å²) in [6.45, 7) is 4.34. The molecule has 136 valence electrons. The first-order chi connectivity index (χ1) is 12.3. The van der Waals surface area contributed by atoms with Gasteiger partial charge in [-0.25, -0.2) is 0 Å². The van der Waals surface area contributed by atoms with Crippen molar-refractivity contribution in [2.45, 2.75) is 26.3 Å². The lowest BCUT2D eigenvalue weighted by atomic mass is 9.99. The van der Waals surface area contributed by atoms with Gasteiger partial charge in [0, 0.05) is 29.3 Å². The van der Waals surface area contributed by atoms with Crippen LogP contribution >= 0.6 is 27.5 Å². The summed E-state index contributed by atoms with van der Waals surface area (Å²) < 4.78 is 2.79. The minimum atomic E-state index is -0.0621. The molecule has 26 heavy (non-hydrogen) atoms. The Hall–Kier alpha value is -1.85. The van der Waals surface area contributed by atoms with Crippen molar-refractivity contribution in [3.8, 4) is 0 Å². The Bertz CT molecular complexity index is 1090. The van der Waals surface area contributed by atoms with Crippen LogP contribution in [0.25, 0.3) is 21.8 Å². The molecule has 2 aromatic carbocycles. The lowest BCUT2D eigenvalue weighted by Crippen LogP contribution is -2.18. The molecule has 0 atom stereocenters. The monoisotopic (exact) mass is 434 g/mol. The van der Waals surface area contributed by atoms with E-state index in [0.717, 1.165) is 27.5 Å². The van der Waals surface area contributed by atoms with E-state index >= 15 is 0 Å². The van der Waals surface area contributed by atoms with Crippen LogP contribution in [0.5, 0.6) is 0 Å². The molecule has 0 spiro atoms. The van der Waals surface area contributed by atoms with Gasteiger partial charge < -0.3 is 14.3 Å². The van der Waals surface area contributed by atoms with Gasteiger partial charge in [-0.2, -0.15) is 0 Å². The van der Waals surface area contributed by atoms with E-state index in [2.05, 4.69) is 29.8 Å². The van der Waals surface area contributed by atoms with Crippen LogP contribution in [-0.4, -0.2) is 24.9 Å². The Morgan fingerprint density at radius 2 is 1.92 bits per heavy atom. The number of hydrogen-bond donors (Lipinski definition) is 0. The quantitative estimate of drug-likeness (QED) is 0.430. The van der Waals surface area contributed by atoms with Crippen molar-refractivity contribution in [3.63, 3.8) is 0 Å². The normalized spacial score (nSPS) is 11.5. The standard InChI is InChI=1S/C20H20BrClN2O2/c1-11(2)13-10-17-14(9-15(13)21)20(26)12-5-6-16(22)19(23(3)4)18(12)24(17)7-8-25/h5-6,8-11H,7H2,1-4H3. The molecular weight excluding hydrogens is 416 g/mol. The molecule has 3 aromatic rings. The van der Waals surface area contributed by atoms with E-state index in [-0.39, 0.29) is 17.9 Å². The van der Waals surface area contributed by atoms with E-state index in [1.807, 2.05) is 35.7 Å². The van der Waals surface area contributed by atoms with Crippen LogP contribution in [0.1, 0.15) is 25.3 Å². The molecule has 4 nitrogen and oxygen atoms in total.